The number of nitrogens with zero attached hydrogens (tertiary/aromatic N) is 1. The number of hydrogen-bond donors (Lipinski definition) is 0. The maximum Gasteiger partial charge on any atom is 0.462 e. The molecule has 0 saturated carbocycles. The van der Waals surface area contributed by atoms with Gasteiger partial charge < -0.3 is 9.31 Å². The average Bonchev–Trinajstić information content (AvgIpc) is 3.13. The molecule has 2 unspecified atom stereocenters. The van der Waals surface area contributed by atoms with Gasteiger partial charge in [0.15, 0.2) is 0 Å². The lowest BCUT2D eigenvalue weighted by molar-refractivity contribution is 0.00578. The van der Waals surface area contributed by atoms with Gasteiger partial charge in [-0.25, -0.2) is 0 Å². The first-order chi connectivity index (χ1) is 18.1. The fourth-order valence-electron chi connectivity index (χ4n) is 6.51. The normalized spacial score (nSPS) is 18.6. The molecule has 1 aliphatic heterocycles. The quantitative estimate of drug-likeness (QED) is 0.168. The Hall–Kier alpha value is -1.40. The fraction of sp³-hybridized carbons (Fsp3) is 0.636. The predicted octanol–water partition coefficient (Wildman–Crippen LogP) is 9.15. The average molecular weight is 536 g/mol. The molecule has 2 aromatic carbocycles. The monoisotopic (exact) mass is 535 g/mol. The van der Waals surface area contributed by atoms with Crippen molar-refractivity contribution < 1.29 is 9.31 Å². The van der Waals surface area contributed by atoms with Crippen LogP contribution >= 0.6 is 0 Å². The predicted molar refractivity (Wildman–Crippen MR) is 167 cm³/mol. The lowest BCUT2D eigenvalue weighted by Crippen LogP contribution is -2.60. The molecule has 0 amide bonds. The minimum Gasteiger partial charge on any atom is -0.403 e. The first-order valence-electron chi connectivity index (χ1n) is 15.3. The van der Waals surface area contributed by atoms with Crippen LogP contribution in [0.4, 0.5) is 0 Å². The van der Waals surface area contributed by atoms with Gasteiger partial charge in [0.05, 0.1) is 19.3 Å². The zero-order valence-electron chi connectivity index (χ0n) is 25.6. The van der Waals surface area contributed by atoms with E-state index in [0.29, 0.717) is 11.5 Å². The van der Waals surface area contributed by atoms with Crippen LogP contribution in [0.5, 0.6) is 0 Å². The van der Waals surface area contributed by atoms with E-state index in [4.69, 9.17) is 9.31 Å². The zero-order valence-corrected chi connectivity index (χ0v) is 26.6. The summed E-state index contributed by atoms with van der Waals surface area (Å²) >= 11 is 0. The summed E-state index contributed by atoms with van der Waals surface area (Å²) in [7, 11) is -1.91. The SMILES string of the molecule is CCCCCC(B1OC(C)(C)C(C)(C)O1)C(N(Cc1ccccc1)Cc1ccccc1)[Si](CC)(CC)CC. The Morgan fingerprint density at radius 1 is 0.711 bits per heavy atom. The summed E-state index contributed by atoms with van der Waals surface area (Å²) in [6.07, 6.45) is 4.88. The summed E-state index contributed by atoms with van der Waals surface area (Å²) in [6, 6.07) is 26.0. The molecule has 5 heteroatoms. The Kier molecular flexibility index (Phi) is 11.3. The van der Waals surface area contributed by atoms with Crippen LogP contribution in [0.15, 0.2) is 60.7 Å². The van der Waals surface area contributed by atoms with E-state index in [9.17, 15) is 0 Å². The van der Waals surface area contributed by atoms with E-state index < -0.39 is 8.07 Å². The second kappa shape index (κ2) is 13.8. The highest BCUT2D eigenvalue weighted by Gasteiger charge is 2.58. The van der Waals surface area contributed by atoms with Crippen molar-refractivity contribution in [3.05, 3.63) is 71.8 Å². The number of benzene rings is 2. The molecule has 3 nitrogen and oxygen atoms in total. The molecular formula is C33H54BNO2Si. The number of hydrogen-bond acceptors (Lipinski definition) is 3. The zero-order chi connectivity index (χ0) is 27.8. The Morgan fingerprint density at radius 3 is 1.55 bits per heavy atom. The van der Waals surface area contributed by atoms with E-state index >= 15 is 0 Å². The molecule has 0 N–H and O–H groups in total. The van der Waals surface area contributed by atoms with Gasteiger partial charge in [0.25, 0.3) is 0 Å². The first-order valence-corrected chi connectivity index (χ1v) is 18.0. The first kappa shape index (κ1) is 31.1. The molecule has 0 aliphatic carbocycles. The van der Waals surface area contributed by atoms with E-state index in [1.54, 1.807) is 0 Å². The molecule has 0 aromatic heterocycles. The summed E-state index contributed by atoms with van der Waals surface area (Å²) in [5.41, 5.74) is 2.62. The third-order valence-electron chi connectivity index (χ3n) is 9.76. The van der Waals surface area contributed by atoms with Crippen molar-refractivity contribution in [2.75, 3.05) is 0 Å². The molecule has 1 aliphatic rings. The standard InChI is InChI=1S/C33H54BNO2Si/c1-9-13-16-25-30(34-36-32(5,6)33(7,8)37-34)31(38(10-2,11-3)12-4)35(26-28-21-17-14-18-22-28)27-29-23-19-15-20-24-29/h14-15,17-24,30-31H,9-13,16,25-27H2,1-8H3. The van der Waals surface area contributed by atoms with Gasteiger partial charge in [0, 0.05) is 24.6 Å². The van der Waals surface area contributed by atoms with Crippen molar-refractivity contribution in [2.45, 2.75) is 135 Å². The van der Waals surface area contributed by atoms with Crippen LogP contribution < -0.4 is 0 Å². The van der Waals surface area contributed by atoms with Crippen LogP contribution in [0.2, 0.25) is 23.9 Å². The molecule has 0 spiro atoms. The molecule has 0 radical (unpaired) electrons. The van der Waals surface area contributed by atoms with Gasteiger partial charge in [-0.15, -0.1) is 0 Å². The van der Waals surface area contributed by atoms with Gasteiger partial charge in [0.2, 0.25) is 0 Å². The van der Waals surface area contributed by atoms with Gasteiger partial charge in [-0.3, -0.25) is 4.90 Å². The van der Waals surface area contributed by atoms with E-state index in [0.717, 1.165) is 19.5 Å². The summed E-state index contributed by atoms with van der Waals surface area (Å²) in [4.78, 5) is 2.84. The molecule has 210 valence electrons. The smallest absolute Gasteiger partial charge is 0.403 e. The maximum atomic E-state index is 6.89. The highest BCUT2D eigenvalue weighted by molar-refractivity contribution is 6.82. The van der Waals surface area contributed by atoms with E-state index in [2.05, 4.69) is 121 Å². The van der Waals surface area contributed by atoms with Crippen molar-refractivity contribution in [1.29, 1.82) is 0 Å². The van der Waals surface area contributed by atoms with Crippen LogP contribution in [-0.4, -0.2) is 37.0 Å². The minimum absolute atomic E-state index is 0.174. The van der Waals surface area contributed by atoms with Crippen molar-refractivity contribution in [1.82, 2.24) is 4.90 Å². The Morgan fingerprint density at radius 2 is 1.16 bits per heavy atom. The Labute approximate surface area is 235 Å². The van der Waals surface area contributed by atoms with Crippen LogP contribution in [0.1, 0.15) is 92.2 Å². The summed E-state index contributed by atoms with van der Waals surface area (Å²) in [5, 5.41) is 0. The maximum absolute atomic E-state index is 6.89. The lowest BCUT2D eigenvalue weighted by atomic mass is 9.68. The molecule has 2 aromatic rings. The summed E-state index contributed by atoms with van der Waals surface area (Å²) < 4.78 is 13.8. The van der Waals surface area contributed by atoms with Crippen molar-refractivity contribution >= 4 is 15.2 Å². The van der Waals surface area contributed by atoms with E-state index in [1.807, 2.05) is 0 Å². The van der Waals surface area contributed by atoms with Gasteiger partial charge in [0.1, 0.15) is 0 Å². The summed E-state index contributed by atoms with van der Waals surface area (Å²) in [6.45, 7) is 20.4. The third kappa shape index (κ3) is 7.21. The Balaban J connectivity index is 2.14. The topological polar surface area (TPSA) is 21.7 Å². The summed E-state index contributed by atoms with van der Waals surface area (Å²) in [5.74, 6) is 0.349. The molecule has 1 saturated heterocycles. The second-order valence-corrected chi connectivity index (χ2v) is 18.0. The van der Waals surface area contributed by atoms with E-state index in [-0.39, 0.29) is 18.3 Å². The number of unbranched alkanes of at least 4 members (excludes halogenated alkanes) is 2. The Bertz CT molecular complexity index is 882. The highest BCUT2D eigenvalue weighted by Crippen LogP contribution is 2.47. The van der Waals surface area contributed by atoms with Gasteiger partial charge in [-0.05, 0) is 38.8 Å². The minimum atomic E-state index is -1.74. The van der Waals surface area contributed by atoms with Crippen LogP contribution in [-0.2, 0) is 22.4 Å². The fourth-order valence-corrected chi connectivity index (χ4v) is 11.5. The van der Waals surface area contributed by atoms with E-state index in [1.165, 1.54) is 48.5 Å². The van der Waals surface area contributed by atoms with Gasteiger partial charge >= 0.3 is 7.12 Å². The van der Waals surface area contributed by atoms with Crippen LogP contribution in [0.25, 0.3) is 0 Å². The van der Waals surface area contributed by atoms with Crippen molar-refractivity contribution in [2.24, 2.45) is 0 Å². The number of rotatable bonds is 15. The molecular weight excluding hydrogens is 481 g/mol. The third-order valence-corrected chi connectivity index (χ3v) is 16.0. The molecule has 1 heterocycles. The lowest BCUT2D eigenvalue weighted by Gasteiger charge is -2.49. The molecule has 3 rings (SSSR count). The van der Waals surface area contributed by atoms with Crippen LogP contribution in [0.3, 0.4) is 0 Å². The van der Waals surface area contributed by atoms with Gasteiger partial charge in [-0.2, -0.15) is 0 Å². The molecule has 0 bridgehead atoms. The molecule has 38 heavy (non-hydrogen) atoms. The second-order valence-electron chi connectivity index (χ2n) is 12.5. The highest BCUT2D eigenvalue weighted by atomic mass is 28.3. The molecule has 1 fully saturated rings. The van der Waals surface area contributed by atoms with Gasteiger partial charge in [-0.1, -0.05) is 132 Å². The van der Waals surface area contributed by atoms with Crippen molar-refractivity contribution in [3.63, 3.8) is 0 Å². The van der Waals surface area contributed by atoms with Crippen LogP contribution in [0, 0.1) is 0 Å². The molecule has 2 atom stereocenters. The largest absolute Gasteiger partial charge is 0.462 e. The van der Waals surface area contributed by atoms with Crippen molar-refractivity contribution in [3.8, 4) is 0 Å².